The van der Waals surface area contributed by atoms with Gasteiger partial charge in [0.1, 0.15) is 5.37 Å². The summed E-state index contributed by atoms with van der Waals surface area (Å²) >= 11 is 13.5. The Hall–Kier alpha value is -1.23. The van der Waals surface area contributed by atoms with Gasteiger partial charge in [0.25, 0.3) is 0 Å². The standard InChI is InChI=1S/C14H10Cl2N2OS/c15-10-5-4-9(7-11(10)16)18-13(19)8-20-14(18)12-3-1-2-6-17-12/h1-7,14H,8H2/t14-/m1/s1. The lowest BCUT2D eigenvalue weighted by Crippen LogP contribution is -2.28. The van der Waals surface area contributed by atoms with Crippen LogP contribution in [-0.4, -0.2) is 16.6 Å². The average Bonchev–Trinajstić information content (AvgIpc) is 2.85. The maximum absolute atomic E-state index is 12.2. The first-order valence-electron chi connectivity index (χ1n) is 5.96. The summed E-state index contributed by atoms with van der Waals surface area (Å²) in [5, 5.41) is 0.790. The predicted octanol–water partition coefficient (Wildman–Crippen LogP) is 4.17. The van der Waals surface area contributed by atoms with E-state index in [2.05, 4.69) is 4.98 Å². The summed E-state index contributed by atoms with van der Waals surface area (Å²) in [4.78, 5) is 18.2. The molecule has 1 aliphatic heterocycles. The van der Waals surface area contributed by atoms with Crippen LogP contribution in [-0.2, 0) is 4.79 Å². The van der Waals surface area contributed by atoms with Crippen molar-refractivity contribution in [3.05, 3.63) is 58.3 Å². The first kappa shape index (κ1) is 13.7. The Morgan fingerprint density at radius 2 is 2.05 bits per heavy atom. The van der Waals surface area contributed by atoms with E-state index in [0.29, 0.717) is 15.8 Å². The van der Waals surface area contributed by atoms with Crippen molar-refractivity contribution < 1.29 is 4.79 Å². The molecule has 0 saturated carbocycles. The number of carbonyl (C=O) groups excluding carboxylic acids is 1. The van der Waals surface area contributed by atoms with Gasteiger partial charge in [0.05, 0.1) is 21.5 Å². The molecule has 1 aromatic heterocycles. The van der Waals surface area contributed by atoms with Crippen LogP contribution in [0.4, 0.5) is 5.69 Å². The van der Waals surface area contributed by atoms with Crippen LogP contribution in [0.3, 0.4) is 0 Å². The molecule has 1 aliphatic rings. The summed E-state index contributed by atoms with van der Waals surface area (Å²) in [6.45, 7) is 0. The van der Waals surface area contributed by atoms with Crippen LogP contribution in [0.5, 0.6) is 0 Å². The molecule has 3 nitrogen and oxygen atoms in total. The number of aromatic nitrogens is 1. The molecule has 6 heteroatoms. The third-order valence-electron chi connectivity index (χ3n) is 2.99. The molecule has 0 radical (unpaired) electrons. The minimum Gasteiger partial charge on any atom is -0.293 e. The topological polar surface area (TPSA) is 33.2 Å². The lowest BCUT2D eigenvalue weighted by Gasteiger charge is -2.23. The first-order chi connectivity index (χ1) is 9.66. The summed E-state index contributed by atoms with van der Waals surface area (Å²) in [7, 11) is 0. The lowest BCUT2D eigenvalue weighted by atomic mass is 10.2. The predicted molar refractivity (Wildman–Crippen MR) is 83.4 cm³/mol. The molecule has 0 N–H and O–H groups in total. The molecule has 1 saturated heterocycles. The van der Waals surface area contributed by atoms with Crippen LogP contribution in [0.25, 0.3) is 0 Å². The second-order valence-electron chi connectivity index (χ2n) is 4.28. The molecular formula is C14H10Cl2N2OS. The number of hydrogen-bond donors (Lipinski definition) is 0. The molecule has 3 rings (SSSR count). The van der Waals surface area contributed by atoms with Gasteiger partial charge in [-0.1, -0.05) is 29.3 Å². The number of nitrogens with zero attached hydrogens (tertiary/aromatic N) is 2. The Labute approximate surface area is 130 Å². The van der Waals surface area contributed by atoms with Gasteiger partial charge in [-0.3, -0.25) is 14.7 Å². The molecule has 1 fully saturated rings. The number of amides is 1. The molecule has 0 spiro atoms. The summed E-state index contributed by atoms with van der Waals surface area (Å²) in [6.07, 6.45) is 1.73. The number of benzene rings is 1. The van der Waals surface area contributed by atoms with Crippen LogP contribution < -0.4 is 4.90 Å². The van der Waals surface area contributed by atoms with E-state index < -0.39 is 0 Å². The van der Waals surface area contributed by atoms with Gasteiger partial charge in [0, 0.05) is 11.9 Å². The Bertz CT molecular complexity index is 651. The highest BCUT2D eigenvalue weighted by atomic mass is 35.5. The monoisotopic (exact) mass is 324 g/mol. The number of anilines is 1. The quantitative estimate of drug-likeness (QED) is 0.831. The molecule has 2 heterocycles. The van der Waals surface area contributed by atoms with E-state index in [9.17, 15) is 4.79 Å². The van der Waals surface area contributed by atoms with E-state index in [1.165, 1.54) is 0 Å². The molecule has 0 bridgehead atoms. The van der Waals surface area contributed by atoms with Crippen molar-refractivity contribution >= 4 is 46.6 Å². The Kier molecular flexibility index (Phi) is 3.87. The fourth-order valence-electron chi connectivity index (χ4n) is 2.08. The van der Waals surface area contributed by atoms with E-state index in [1.807, 2.05) is 18.2 Å². The largest absolute Gasteiger partial charge is 0.293 e. The number of carbonyl (C=O) groups is 1. The number of hydrogen-bond acceptors (Lipinski definition) is 3. The molecule has 1 atom stereocenters. The van der Waals surface area contributed by atoms with Crippen LogP contribution in [0.1, 0.15) is 11.1 Å². The van der Waals surface area contributed by atoms with Gasteiger partial charge >= 0.3 is 0 Å². The van der Waals surface area contributed by atoms with E-state index in [-0.39, 0.29) is 11.3 Å². The Morgan fingerprint density at radius 1 is 1.20 bits per heavy atom. The Balaban J connectivity index is 2.00. The molecular weight excluding hydrogens is 315 g/mol. The second-order valence-corrected chi connectivity index (χ2v) is 6.16. The maximum Gasteiger partial charge on any atom is 0.238 e. The van der Waals surface area contributed by atoms with Crippen LogP contribution in [0, 0.1) is 0 Å². The minimum absolute atomic E-state index is 0.0454. The van der Waals surface area contributed by atoms with Gasteiger partial charge in [-0.2, -0.15) is 0 Å². The fraction of sp³-hybridized carbons (Fsp3) is 0.143. The van der Waals surface area contributed by atoms with Crippen molar-refractivity contribution in [2.45, 2.75) is 5.37 Å². The minimum atomic E-state index is -0.124. The van der Waals surface area contributed by atoms with Crippen molar-refractivity contribution in [1.29, 1.82) is 0 Å². The van der Waals surface area contributed by atoms with Gasteiger partial charge in [-0.05, 0) is 30.3 Å². The van der Waals surface area contributed by atoms with Crippen LogP contribution >= 0.6 is 35.0 Å². The summed E-state index contributed by atoms with van der Waals surface area (Å²) < 4.78 is 0. The number of pyridine rings is 1. The number of rotatable bonds is 2. The summed E-state index contributed by atoms with van der Waals surface area (Å²) in [6, 6.07) is 10.9. The SMILES string of the molecule is O=C1CS[C@H](c2ccccn2)N1c1ccc(Cl)c(Cl)c1. The third kappa shape index (κ3) is 2.51. The highest BCUT2D eigenvalue weighted by Crippen LogP contribution is 2.42. The van der Waals surface area contributed by atoms with E-state index in [0.717, 1.165) is 11.4 Å². The molecule has 0 unspecified atom stereocenters. The third-order valence-corrected chi connectivity index (χ3v) is 4.91. The van der Waals surface area contributed by atoms with Crippen molar-refractivity contribution in [3.63, 3.8) is 0 Å². The zero-order valence-electron chi connectivity index (χ0n) is 10.3. The smallest absolute Gasteiger partial charge is 0.238 e. The van der Waals surface area contributed by atoms with Crippen molar-refractivity contribution in [2.24, 2.45) is 0 Å². The van der Waals surface area contributed by atoms with Gasteiger partial charge in [0.15, 0.2) is 0 Å². The maximum atomic E-state index is 12.2. The van der Waals surface area contributed by atoms with Crippen molar-refractivity contribution in [3.8, 4) is 0 Å². The van der Waals surface area contributed by atoms with E-state index in [4.69, 9.17) is 23.2 Å². The summed E-state index contributed by atoms with van der Waals surface area (Å²) in [5.74, 6) is 0.477. The van der Waals surface area contributed by atoms with Gasteiger partial charge < -0.3 is 0 Å². The number of halogens is 2. The van der Waals surface area contributed by atoms with Crippen LogP contribution in [0.15, 0.2) is 42.6 Å². The molecule has 20 heavy (non-hydrogen) atoms. The van der Waals surface area contributed by atoms with Gasteiger partial charge in [-0.15, -0.1) is 11.8 Å². The van der Waals surface area contributed by atoms with Gasteiger partial charge in [-0.25, -0.2) is 0 Å². The first-order valence-corrected chi connectivity index (χ1v) is 7.77. The normalized spacial score (nSPS) is 18.6. The van der Waals surface area contributed by atoms with Gasteiger partial charge in [0.2, 0.25) is 5.91 Å². The fourth-order valence-corrected chi connectivity index (χ4v) is 3.51. The molecule has 2 aromatic rings. The highest BCUT2D eigenvalue weighted by molar-refractivity contribution is 8.00. The lowest BCUT2D eigenvalue weighted by molar-refractivity contribution is -0.115. The van der Waals surface area contributed by atoms with E-state index >= 15 is 0 Å². The summed E-state index contributed by atoms with van der Waals surface area (Å²) in [5.41, 5.74) is 1.60. The average molecular weight is 325 g/mol. The number of thioether (sulfide) groups is 1. The Morgan fingerprint density at radius 3 is 2.75 bits per heavy atom. The second kappa shape index (κ2) is 5.64. The zero-order chi connectivity index (χ0) is 14.1. The molecule has 102 valence electrons. The highest BCUT2D eigenvalue weighted by Gasteiger charge is 2.34. The zero-order valence-corrected chi connectivity index (χ0v) is 12.6. The van der Waals surface area contributed by atoms with Crippen LogP contribution in [0.2, 0.25) is 10.0 Å². The molecule has 1 aromatic carbocycles. The van der Waals surface area contributed by atoms with Crippen molar-refractivity contribution in [2.75, 3.05) is 10.7 Å². The molecule has 1 amide bonds. The van der Waals surface area contributed by atoms with E-state index in [1.54, 1.807) is 41.1 Å². The van der Waals surface area contributed by atoms with Crippen molar-refractivity contribution in [1.82, 2.24) is 4.98 Å². The molecule has 0 aliphatic carbocycles.